The number of carbonyl (C=O) groups excluding carboxylic acids is 1. The van der Waals surface area contributed by atoms with Gasteiger partial charge in [0.25, 0.3) is 0 Å². The second kappa shape index (κ2) is 9.99. The van der Waals surface area contributed by atoms with Crippen LogP contribution in [-0.2, 0) is 11.2 Å². The van der Waals surface area contributed by atoms with E-state index >= 15 is 0 Å². The zero-order valence-corrected chi connectivity index (χ0v) is 15.8. The van der Waals surface area contributed by atoms with Gasteiger partial charge in [0.2, 0.25) is 5.91 Å². The minimum atomic E-state index is -1.04. The van der Waals surface area contributed by atoms with E-state index in [1.54, 1.807) is 0 Å². The minimum Gasteiger partial charge on any atom is -0.465 e. The molecule has 0 radical (unpaired) electrons. The van der Waals surface area contributed by atoms with Gasteiger partial charge in [-0.05, 0) is 43.7 Å². The van der Waals surface area contributed by atoms with Gasteiger partial charge in [-0.3, -0.25) is 9.69 Å². The predicted molar refractivity (Wildman–Crippen MR) is 101 cm³/mol. The molecule has 144 valence electrons. The van der Waals surface area contributed by atoms with Crippen molar-refractivity contribution >= 4 is 17.8 Å². The normalized spacial score (nSPS) is 14.9. The third-order valence-electron chi connectivity index (χ3n) is 4.93. The number of hydrogen-bond acceptors (Lipinski definition) is 4. The summed E-state index contributed by atoms with van der Waals surface area (Å²) >= 11 is 0. The third-order valence-corrected chi connectivity index (χ3v) is 4.93. The molecular weight excluding hydrogens is 332 g/mol. The predicted octanol–water partition coefficient (Wildman–Crippen LogP) is 2.37. The number of pyridine rings is 1. The highest BCUT2D eigenvalue weighted by Crippen LogP contribution is 2.24. The number of aryl methyl sites for hydroxylation is 1. The fraction of sp³-hybridized carbons (Fsp3) is 0.632. The average Bonchev–Trinajstić information content (AvgIpc) is 2.65. The van der Waals surface area contributed by atoms with Gasteiger partial charge < -0.3 is 15.3 Å². The first-order valence-electron chi connectivity index (χ1n) is 9.42. The number of amides is 2. The van der Waals surface area contributed by atoms with Crippen LogP contribution < -0.4 is 10.2 Å². The zero-order chi connectivity index (χ0) is 18.9. The third kappa shape index (κ3) is 5.89. The van der Waals surface area contributed by atoms with Gasteiger partial charge in [-0.2, -0.15) is 0 Å². The molecular formula is C19H30N4O3. The van der Waals surface area contributed by atoms with Crippen molar-refractivity contribution < 1.29 is 14.7 Å². The maximum absolute atomic E-state index is 11.4. The molecule has 2 heterocycles. The van der Waals surface area contributed by atoms with Gasteiger partial charge in [-0.25, -0.2) is 9.78 Å². The molecule has 1 aromatic rings. The van der Waals surface area contributed by atoms with Crippen molar-refractivity contribution in [1.29, 1.82) is 0 Å². The molecule has 26 heavy (non-hydrogen) atoms. The summed E-state index contributed by atoms with van der Waals surface area (Å²) in [5.74, 6) is 1.25. The highest BCUT2D eigenvalue weighted by Gasteiger charge is 2.22. The van der Waals surface area contributed by atoms with Crippen molar-refractivity contribution in [3.63, 3.8) is 0 Å². The maximum Gasteiger partial charge on any atom is 0.407 e. The summed E-state index contributed by atoms with van der Waals surface area (Å²) in [6.07, 6.45) is 3.89. The number of carboxylic acid groups (broad SMARTS) is 1. The number of aromatic nitrogens is 1. The quantitative estimate of drug-likeness (QED) is 0.741. The van der Waals surface area contributed by atoms with E-state index in [0.717, 1.165) is 56.7 Å². The summed E-state index contributed by atoms with van der Waals surface area (Å²) in [7, 11) is 1.52. The van der Waals surface area contributed by atoms with Crippen LogP contribution in [-0.4, -0.2) is 60.2 Å². The van der Waals surface area contributed by atoms with Crippen LogP contribution >= 0.6 is 0 Å². The summed E-state index contributed by atoms with van der Waals surface area (Å²) in [5, 5.41) is 11.7. The zero-order valence-electron chi connectivity index (χ0n) is 15.8. The number of nitrogens with zero attached hydrogens (tertiary/aromatic N) is 3. The Hall–Kier alpha value is -2.31. The molecule has 2 rings (SSSR count). The van der Waals surface area contributed by atoms with Gasteiger partial charge in [0.05, 0.1) is 0 Å². The van der Waals surface area contributed by atoms with Gasteiger partial charge in [0.15, 0.2) is 0 Å². The first-order chi connectivity index (χ1) is 12.5. The summed E-state index contributed by atoms with van der Waals surface area (Å²) in [6, 6.07) is 6.21. The van der Waals surface area contributed by atoms with Crippen LogP contribution in [0.4, 0.5) is 10.6 Å². The fourth-order valence-corrected chi connectivity index (χ4v) is 3.32. The molecule has 0 bridgehead atoms. The lowest BCUT2D eigenvalue weighted by Crippen LogP contribution is -2.41. The van der Waals surface area contributed by atoms with Crippen LogP contribution in [0.2, 0.25) is 0 Å². The molecule has 0 atom stereocenters. The highest BCUT2D eigenvalue weighted by molar-refractivity contribution is 5.81. The van der Waals surface area contributed by atoms with Gasteiger partial charge >= 0.3 is 6.09 Å². The Bertz CT molecular complexity index is 600. The molecule has 1 saturated heterocycles. The molecule has 0 aromatic carbocycles. The summed E-state index contributed by atoms with van der Waals surface area (Å²) in [4.78, 5) is 31.0. The number of carbonyl (C=O) groups is 2. The van der Waals surface area contributed by atoms with E-state index in [1.165, 1.54) is 11.9 Å². The highest BCUT2D eigenvalue weighted by atomic mass is 16.4. The Kier molecular flexibility index (Phi) is 7.69. The van der Waals surface area contributed by atoms with Gasteiger partial charge in [0.1, 0.15) is 12.4 Å². The molecule has 1 fully saturated rings. The SMILES string of the molecule is CCCc1cccc(N2CCC(CCN(CC(=O)NC)C(=O)O)CC2)n1. The number of piperidine rings is 1. The van der Waals surface area contributed by atoms with E-state index in [4.69, 9.17) is 4.98 Å². The van der Waals surface area contributed by atoms with Crippen molar-refractivity contribution in [3.05, 3.63) is 23.9 Å². The smallest absolute Gasteiger partial charge is 0.407 e. The largest absolute Gasteiger partial charge is 0.465 e. The fourth-order valence-electron chi connectivity index (χ4n) is 3.32. The van der Waals surface area contributed by atoms with Gasteiger partial charge in [-0.15, -0.1) is 0 Å². The first kappa shape index (κ1) is 20.0. The van der Waals surface area contributed by atoms with Crippen molar-refractivity contribution in [2.45, 2.75) is 39.0 Å². The van der Waals surface area contributed by atoms with Crippen molar-refractivity contribution in [1.82, 2.24) is 15.2 Å². The standard InChI is InChI=1S/C19H30N4O3/c1-3-5-16-6-4-7-17(21-16)22-11-8-15(9-12-22)10-13-23(19(25)26)14-18(24)20-2/h4,6-7,15H,3,5,8-14H2,1-2H3,(H,20,24)(H,25,26). The molecule has 2 N–H and O–H groups in total. The Morgan fingerprint density at radius 2 is 2.08 bits per heavy atom. The average molecular weight is 362 g/mol. The van der Waals surface area contributed by atoms with E-state index in [1.807, 2.05) is 0 Å². The number of hydrogen-bond donors (Lipinski definition) is 2. The minimum absolute atomic E-state index is 0.0984. The van der Waals surface area contributed by atoms with Crippen molar-refractivity contribution in [3.8, 4) is 0 Å². The topological polar surface area (TPSA) is 85.8 Å². The lowest BCUT2D eigenvalue weighted by Gasteiger charge is -2.33. The molecule has 7 heteroatoms. The molecule has 1 aromatic heterocycles. The summed E-state index contributed by atoms with van der Waals surface area (Å²) in [6.45, 7) is 4.34. The molecule has 1 aliphatic heterocycles. The lowest BCUT2D eigenvalue weighted by atomic mass is 9.93. The van der Waals surface area contributed by atoms with Crippen LogP contribution in [0.1, 0.15) is 38.3 Å². The van der Waals surface area contributed by atoms with Crippen LogP contribution in [0.25, 0.3) is 0 Å². The van der Waals surface area contributed by atoms with E-state index < -0.39 is 6.09 Å². The Morgan fingerprint density at radius 3 is 2.69 bits per heavy atom. The van der Waals surface area contributed by atoms with Crippen molar-refractivity contribution in [2.75, 3.05) is 38.1 Å². The monoisotopic (exact) mass is 362 g/mol. The van der Waals surface area contributed by atoms with Crippen molar-refractivity contribution in [2.24, 2.45) is 5.92 Å². The Labute approximate surface area is 155 Å². The second-order valence-electron chi connectivity index (χ2n) is 6.83. The molecule has 1 aliphatic rings. The lowest BCUT2D eigenvalue weighted by molar-refractivity contribution is -0.121. The molecule has 7 nitrogen and oxygen atoms in total. The molecule has 0 saturated carbocycles. The molecule has 2 amide bonds. The van der Waals surface area contributed by atoms with Crippen LogP contribution in [0.15, 0.2) is 18.2 Å². The summed E-state index contributed by atoms with van der Waals surface area (Å²) < 4.78 is 0. The van der Waals surface area contributed by atoms with E-state index in [9.17, 15) is 14.7 Å². The Balaban J connectivity index is 1.81. The molecule has 0 aliphatic carbocycles. The first-order valence-corrected chi connectivity index (χ1v) is 9.42. The number of rotatable bonds is 8. The maximum atomic E-state index is 11.4. The van der Waals surface area contributed by atoms with Gasteiger partial charge in [-0.1, -0.05) is 19.4 Å². The Morgan fingerprint density at radius 1 is 1.35 bits per heavy atom. The van der Waals surface area contributed by atoms with Crippen LogP contribution in [0.5, 0.6) is 0 Å². The van der Waals surface area contributed by atoms with E-state index in [0.29, 0.717) is 12.5 Å². The van der Waals surface area contributed by atoms with Crippen LogP contribution in [0.3, 0.4) is 0 Å². The van der Waals surface area contributed by atoms with E-state index in [2.05, 4.69) is 35.3 Å². The van der Waals surface area contributed by atoms with Gasteiger partial charge in [0, 0.05) is 32.4 Å². The van der Waals surface area contributed by atoms with Crippen LogP contribution in [0, 0.1) is 5.92 Å². The number of anilines is 1. The molecule has 0 unspecified atom stereocenters. The second-order valence-corrected chi connectivity index (χ2v) is 6.83. The van der Waals surface area contributed by atoms with E-state index in [-0.39, 0.29) is 12.5 Å². The summed E-state index contributed by atoms with van der Waals surface area (Å²) in [5.41, 5.74) is 1.14. The number of nitrogens with one attached hydrogen (secondary N) is 1. The number of likely N-dealkylation sites (N-methyl/N-ethyl adjacent to an activating group) is 1. The molecule has 0 spiro atoms.